The lowest BCUT2D eigenvalue weighted by Crippen LogP contribution is -2.31. The standard InChI is InChI=1S/C44H47NO7/c1-2-3-22-45(43(46)35-12-10-33-27-39(18-14-31(33)25-35)48-23-6-4-8-41-29-50-41)37-16-20-38(21-17-37)52-44(47)36-13-11-34-28-40(19-15-32(34)26-36)49-24-7-5-9-42-30-51-42/h10-21,25-28,41-42H,2-9,22-24,29-30H2,1H3. The van der Waals surface area contributed by atoms with E-state index in [-0.39, 0.29) is 5.91 Å². The Bertz CT molecular complexity index is 1980. The highest BCUT2D eigenvalue weighted by atomic mass is 16.6. The van der Waals surface area contributed by atoms with Crippen LogP contribution in [0.15, 0.2) is 97.1 Å². The molecule has 0 N–H and O–H groups in total. The first-order valence-electron chi connectivity index (χ1n) is 18.7. The second kappa shape index (κ2) is 17.1. The molecule has 2 atom stereocenters. The maximum absolute atomic E-state index is 13.9. The zero-order chi connectivity index (χ0) is 35.7. The fourth-order valence-corrected chi connectivity index (χ4v) is 6.36. The molecule has 0 bridgehead atoms. The van der Waals surface area contributed by atoms with E-state index in [1.54, 1.807) is 23.1 Å². The van der Waals surface area contributed by atoms with Gasteiger partial charge in [-0.15, -0.1) is 0 Å². The number of carbonyl (C=O) groups is 2. The van der Waals surface area contributed by atoms with Crippen LogP contribution in [0.5, 0.6) is 17.2 Å². The number of anilines is 1. The first-order valence-corrected chi connectivity index (χ1v) is 18.7. The van der Waals surface area contributed by atoms with Gasteiger partial charge in [-0.05, 0) is 139 Å². The van der Waals surface area contributed by atoms with Crippen molar-refractivity contribution < 1.29 is 33.3 Å². The number of unbranched alkanes of at least 4 members (excludes halogenated alkanes) is 3. The summed E-state index contributed by atoms with van der Waals surface area (Å²) >= 11 is 0. The molecule has 0 spiro atoms. The molecule has 0 aliphatic carbocycles. The summed E-state index contributed by atoms with van der Waals surface area (Å²) in [7, 11) is 0. The minimum Gasteiger partial charge on any atom is -0.494 e. The van der Waals surface area contributed by atoms with E-state index in [0.717, 1.165) is 103 Å². The van der Waals surface area contributed by atoms with Crippen LogP contribution in [0.3, 0.4) is 0 Å². The van der Waals surface area contributed by atoms with Gasteiger partial charge in [0.05, 0.1) is 44.2 Å². The molecule has 0 aromatic heterocycles. The summed E-state index contributed by atoms with van der Waals surface area (Å²) in [6.07, 6.45) is 9.14. The number of hydrogen-bond acceptors (Lipinski definition) is 7. The Morgan fingerprint density at radius 3 is 1.67 bits per heavy atom. The van der Waals surface area contributed by atoms with Crippen molar-refractivity contribution in [3.8, 4) is 17.2 Å². The smallest absolute Gasteiger partial charge is 0.343 e. The Hall–Kier alpha value is -4.92. The van der Waals surface area contributed by atoms with Gasteiger partial charge in [0.25, 0.3) is 5.91 Å². The molecule has 1 amide bonds. The van der Waals surface area contributed by atoms with Gasteiger partial charge in [0.15, 0.2) is 0 Å². The molecule has 8 nitrogen and oxygen atoms in total. The quantitative estimate of drug-likeness (QED) is 0.0367. The van der Waals surface area contributed by atoms with Gasteiger partial charge >= 0.3 is 5.97 Å². The van der Waals surface area contributed by atoms with E-state index in [4.69, 9.17) is 23.7 Å². The van der Waals surface area contributed by atoms with Crippen LogP contribution in [0, 0.1) is 0 Å². The first-order chi connectivity index (χ1) is 25.5. The highest BCUT2D eigenvalue weighted by Crippen LogP contribution is 2.28. The highest BCUT2D eigenvalue weighted by molar-refractivity contribution is 6.08. The van der Waals surface area contributed by atoms with Crippen LogP contribution >= 0.6 is 0 Å². The minimum absolute atomic E-state index is 0.0755. The highest BCUT2D eigenvalue weighted by Gasteiger charge is 2.22. The SMILES string of the molecule is CCCCN(C(=O)c1ccc2cc(OCCCCC3CO3)ccc2c1)c1ccc(OC(=O)c2ccc3cc(OCCCCC4CO4)ccc3c2)cc1. The zero-order valence-electron chi connectivity index (χ0n) is 29.9. The van der Waals surface area contributed by atoms with E-state index in [1.165, 1.54) is 0 Å². The number of nitrogens with zero attached hydrogens (tertiary/aromatic N) is 1. The Morgan fingerprint density at radius 2 is 1.12 bits per heavy atom. The molecule has 2 heterocycles. The average molecular weight is 702 g/mol. The van der Waals surface area contributed by atoms with Crippen molar-refractivity contribution in [1.29, 1.82) is 0 Å². The van der Waals surface area contributed by atoms with E-state index >= 15 is 0 Å². The number of amides is 1. The number of esters is 1. The fraction of sp³-hybridized carbons (Fsp3) is 0.364. The Kier molecular flexibility index (Phi) is 11.6. The van der Waals surface area contributed by atoms with Gasteiger partial charge in [-0.1, -0.05) is 37.6 Å². The molecule has 8 heteroatoms. The maximum Gasteiger partial charge on any atom is 0.343 e. The van der Waals surface area contributed by atoms with Crippen LogP contribution < -0.4 is 19.1 Å². The van der Waals surface area contributed by atoms with E-state index in [1.807, 2.05) is 78.9 Å². The van der Waals surface area contributed by atoms with Crippen molar-refractivity contribution in [2.75, 3.05) is 37.9 Å². The normalized spacial score (nSPS) is 16.1. The van der Waals surface area contributed by atoms with Crippen molar-refractivity contribution >= 4 is 39.1 Å². The molecule has 2 aliphatic rings. The largest absolute Gasteiger partial charge is 0.494 e. The van der Waals surface area contributed by atoms with Gasteiger partial charge in [-0.25, -0.2) is 4.79 Å². The Labute approximate surface area is 305 Å². The zero-order valence-corrected chi connectivity index (χ0v) is 29.9. The summed E-state index contributed by atoms with van der Waals surface area (Å²) in [5.41, 5.74) is 1.82. The molecular formula is C44H47NO7. The van der Waals surface area contributed by atoms with Crippen molar-refractivity contribution in [3.05, 3.63) is 108 Å². The van der Waals surface area contributed by atoms with Crippen LogP contribution in [-0.4, -0.2) is 57.1 Å². The molecule has 52 heavy (non-hydrogen) atoms. The molecule has 5 aromatic rings. The van der Waals surface area contributed by atoms with Gasteiger partial charge in [0, 0.05) is 17.8 Å². The molecule has 7 rings (SSSR count). The fourth-order valence-electron chi connectivity index (χ4n) is 6.36. The van der Waals surface area contributed by atoms with Gasteiger partial charge in [0.2, 0.25) is 0 Å². The third-order valence-electron chi connectivity index (χ3n) is 9.63. The van der Waals surface area contributed by atoms with Crippen LogP contribution in [0.1, 0.15) is 79.0 Å². The number of carbonyl (C=O) groups excluding carboxylic acids is 2. The number of ether oxygens (including phenoxy) is 5. The van der Waals surface area contributed by atoms with Crippen LogP contribution in [0.25, 0.3) is 21.5 Å². The first kappa shape index (κ1) is 35.5. The van der Waals surface area contributed by atoms with Gasteiger partial charge < -0.3 is 28.6 Å². The van der Waals surface area contributed by atoms with Crippen LogP contribution in [0.2, 0.25) is 0 Å². The van der Waals surface area contributed by atoms with E-state index < -0.39 is 5.97 Å². The minimum atomic E-state index is -0.443. The van der Waals surface area contributed by atoms with Gasteiger partial charge in [0.1, 0.15) is 17.2 Å². The maximum atomic E-state index is 13.9. The van der Waals surface area contributed by atoms with E-state index in [0.29, 0.717) is 48.8 Å². The number of epoxide rings is 2. The summed E-state index contributed by atoms with van der Waals surface area (Å²) in [6, 6.07) is 30.4. The van der Waals surface area contributed by atoms with Gasteiger partial charge in [-0.3, -0.25) is 4.79 Å². The van der Waals surface area contributed by atoms with Crippen molar-refractivity contribution in [2.45, 2.75) is 70.5 Å². The second-order valence-corrected chi connectivity index (χ2v) is 13.7. The lowest BCUT2D eigenvalue weighted by Gasteiger charge is -2.23. The number of rotatable bonds is 19. The Morgan fingerprint density at radius 1 is 0.615 bits per heavy atom. The van der Waals surface area contributed by atoms with Crippen molar-refractivity contribution in [1.82, 2.24) is 0 Å². The molecular weight excluding hydrogens is 654 g/mol. The molecule has 2 fully saturated rings. The average Bonchev–Trinajstić information content (AvgIpc) is 4.12. The van der Waals surface area contributed by atoms with Crippen molar-refractivity contribution in [3.63, 3.8) is 0 Å². The molecule has 5 aromatic carbocycles. The number of fused-ring (bicyclic) bond motifs is 2. The molecule has 2 aliphatic heterocycles. The summed E-state index contributed by atoms with van der Waals surface area (Å²) in [5, 5.41) is 3.93. The lowest BCUT2D eigenvalue weighted by molar-refractivity contribution is 0.0734. The van der Waals surface area contributed by atoms with E-state index in [9.17, 15) is 9.59 Å². The summed E-state index contributed by atoms with van der Waals surface area (Å²) in [6.45, 7) is 5.83. The number of hydrogen-bond donors (Lipinski definition) is 0. The van der Waals surface area contributed by atoms with Gasteiger partial charge in [-0.2, -0.15) is 0 Å². The molecule has 270 valence electrons. The van der Waals surface area contributed by atoms with E-state index in [2.05, 4.69) is 6.92 Å². The molecule has 0 radical (unpaired) electrons. The van der Waals surface area contributed by atoms with Crippen LogP contribution in [0.4, 0.5) is 5.69 Å². The topological polar surface area (TPSA) is 90.1 Å². The molecule has 2 unspecified atom stereocenters. The summed E-state index contributed by atoms with van der Waals surface area (Å²) in [5.74, 6) is 1.55. The Balaban J connectivity index is 0.953. The second-order valence-electron chi connectivity index (χ2n) is 13.7. The monoisotopic (exact) mass is 701 g/mol. The molecule has 2 saturated heterocycles. The predicted molar refractivity (Wildman–Crippen MR) is 204 cm³/mol. The third-order valence-corrected chi connectivity index (χ3v) is 9.63. The number of benzene rings is 5. The van der Waals surface area contributed by atoms with Crippen LogP contribution in [-0.2, 0) is 9.47 Å². The lowest BCUT2D eigenvalue weighted by atomic mass is 10.1. The molecule has 0 saturated carbocycles. The summed E-state index contributed by atoms with van der Waals surface area (Å²) < 4.78 is 28.2. The van der Waals surface area contributed by atoms with Crippen molar-refractivity contribution in [2.24, 2.45) is 0 Å². The summed E-state index contributed by atoms with van der Waals surface area (Å²) in [4.78, 5) is 28.8. The third kappa shape index (κ3) is 9.69. The predicted octanol–water partition coefficient (Wildman–Crippen LogP) is 9.55.